The van der Waals surface area contributed by atoms with Gasteiger partial charge in [-0.25, -0.2) is 0 Å². The smallest absolute Gasteiger partial charge is 0.0642 e. The van der Waals surface area contributed by atoms with Crippen molar-refractivity contribution in [1.29, 1.82) is 0 Å². The van der Waals surface area contributed by atoms with E-state index in [0.29, 0.717) is 12.6 Å². The number of likely N-dealkylation sites (N-methyl/N-ethyl adjacent to an activating group) is 1. The van der Waals surface area contributed by atoms with Crippen LogP contribution in [-0.2, 0) is 6.54 Å². The number of nitrogens with two attached hydrogens (primary N) is 1. The number of hydrogen-bond acceptors (Lipinski definition) is 3. The lowest BCUT2D eigenvalue weighted by atomic mass is 10.0. The maximum absolute atomic E-state index is 6.36. The molecule has 1 aliphatic rings. The summed E-state index contributed by atoms with van der Waals surface area (Å²) in [5.74, 6) is 0. The Morgan fingerprint density at radius 1 is 1.44 bits per heavy atom. The zero-order valence-corrected chi connectivity index (χ0v) is 12.0. The van der Waals surface area contributed by atoms with Gasteiger partial charge in [-0.15, -0.1) is 0 Å². The van der Waals surface area contributed by atoms with Crippen LogP contribution in [0.15, 0.2) is 18.2 Å². The highest BCUT2D eigenvalue weighted by Gasteiger charge is 2.22. The zero-order chi connectivity index (χ0) is 13.1. The number of anilines is 1. The van der Waals surface area contributed by atoms with Crippen molar-refractivity contribution in [3.8, 4) is 0 Å². The molecule has 4 heteroatoms. The Bertz CT molecular complexity index is 406. The summed E-state index contributed by atoms with van der Waals surface area (Å²) in [7, 11) is 4.29. The number of halogens is 1. The first kappa shape index (κ1) is 13.7. The molecule has 0 bridgehead atoms. The molecule has 0 aliphatic carbocycles. The molecular formula is C14H22ClN3. The molecular weight excluding hydrogens is 246 g/mol. The molecule has 1 aromatic carbocycles. The maximum atomic E-state index is 6.36. The van der Waals surface area contributed by atoms with Gasteiger partial charge in [-0.2, -0.15) is 0 Å². The van der Waals surface area contributed by atoms with Gasteiger partial charge in [0.2, 0.25) is 0 Å². The third-order valence-electron chi connectivity index (χ3n) is 3.72. The summed E-state index contributed by atoms with van der Waals surface area (Å²) in [5.41, 5.74) is 7.86. The molecule has 2 N–H and O–H groups in total. The van der Waals surface area contributed by atoms with E-state index in [1.165, 1.54) is 12.8 Å². The van der Waals surface area contributed by atoms with Gasteiger partial charge in [0.1, 0.15) is 0 Å². The summed E-state index contributed by atoms with van der Waals surface area (Å²) in [6, 6.07) is 6.77. The van der Waals surface area contributed by atoms with Gasteiger partial charge < -0.3 is 15.5 Å². The minimum atomic E-state index is 0.542. The molecule has 0 amide bonds. The molecule has 18 heavy (non-hydrogen) atoms. The van der Waals surface area contributed by atoms with Gasteiger partial charge in [-0.3, -0.25) is 0 Å². The molecule has 0 radical (unpaired) electrons. The topological polar surface area (TPSA) is 32.5 Å². The first-order valence-electron chi connectivity index (χ1n) is 6.51. The van der Waals surface area contributed by atoms with E-state index in [0.717, 1.165) is 29.4 Å². The van der Waals surface area contributed by atoms with Crippen LogP contribution in [0, 0.1) is 0 Å². The lowest BCUT2D eigenvalue weighted by molar-refractivity contribution is 0.258. The van der Waals surface area contributed by atoms with Crippen molar-refractivity contribution in [2.75, 3.05) is 32.1 Å². The van der Waals surface area contributed by atoms with Gasteiger partial charge in [0, 0.05) is 25.7 Å². The standard InChI is InChI=1S/C14H22ClN3/c1-17(2)12-4-3-7-18(10-12)14-6-5-11(9-16)8-13(14)15/h5-6,8,12H,3-4,7,9-10,16H2,1-2H3. The van der Waals surface area contributed by atoms with Gasteiger partial charge in [0.05, 0.1) is 10.7 Å². The van der Waals surface area contributed by atoms with E-state index in [2.05, 4.69) is 36.0 Å². The zero-order valence-electron chi connectivity index (χ0n) is 11.2. The van der Waals surface area contributed by atoms with Crippen LogP contribution >= 0.6 is 11.6 Å². The van der Waals surface area contributed by atoms with Crippen molar-refractivity contribution >= 4 is 17.3 Å². The van der Waals surface area contributed by atoms with Gasteiger partial charge in [0.25, 0.3) is 0 Å². The van der Waals surface area contributed by atoms with E-state index < -0.39 is 0 Å². The molecule has 1 heterocycles. The average Bonchev–Trinajstić information content (AvgIpc) is 2.38. The Kier molecular flexibility index (Phi) is 4.49. The van der Waals surface area contributed by atoms with Gasteiger partial charge in [-0.05, 0) is 44.6 Å². The van der Waals surface area contributed by atoms with Crippen molar-refractivity contribution in [2.45, 2.75) is 25.4 Å². The number of piperidine rings is 1. The van der Waals surface area contributed by atoms with E-state index in [1.807, 2.05) is 6.07 Å². The number of nitrogens with zero attached hydrogens (tertiary/aromatic N) is 2. The second-order valence-corrected chi connectivity index (χ2v) is 5.60. The summed E-state index contributed by atoms with van der Waals surface area (Å²) in [4.78, 5) is 4.69. The number of hydrogen-bond donors (Lipinski definition) is 1. The Morgan fingerprint density at radius 3 is 2.83 bits per heavy atom. The molecule has 1 atom stereocenters. The summed E-state index contributed by atoms with van der Waals surface area (Å²) in [6.07, 6.45) is 2.49. The van der Waals surface area contributed by atoms with Crippen LogP contribution in [0.4, 0.5) is 5.69 Å². The molecule has 1 aromatic rings. The fourth-order valence-electron chi connectivity index (χ4n) is 2.53. The lowest BCUT2D eigenvalue weighted by Crippen LogP contribution is -2.45. The molecule has 1 aliphatic heterocycles. The fourth-order valence-corrected chi connectivity index (χ4v) is 2.85. The monoisotopic (exact) mass is 267 g/mol. The molecule has 100 valence electrons. The highest BCUT2D eigenvalue weighted by Crippen LogP contribution is 2.29. The fraction of sp³-hybridized carbons (Fsp3) is 0.571. The van der Waals surface area contributed by atoms with E-state index in [4.69, 9.17) is 17.3 Å². The molecule has 1 saturated heterocycles. The second-order valence-electron chi connectivity index (χ2n) is 5.20. The van der Waals surface area contributed by atoms with Crippen LogP contribution in [0.1, 0.15) is 18.4 Å². The summed E-state index contributed by atoms with van der Waals surface area (Å²) in [5, 5.41) is 0.817. The molecule has 0 spiro atoms. The van der Waals surface area contributed by atoms with Crippen molar-refractivity contribution in [1.82, 2.24) is 4.90 Å². The average molecular weight is 268 g/mol. The minimum Gasteiger partial charge on any atom is -0.369 e. The van der Waals surface area contributed by atoms with Crippen molar-refractivity contribution in [3.05, 3.63) is 28.8 Å². The summed E-state index contributed by atoms with van der Waals surface area (Å²) < 4.78 is 0. The quantitative estimate of drug-likeness (QED) is 0.912. The maximum Gasteiger partial charge on any atom is 0.0642 e. The van der Waals surface area contributed by atoms with Crippen molar-refractivity contribution < 1.29 is 0 Å². The lowest BCUT2D eigenvalue weighted by Gasteiger charge is -2.37. The van der Waals surface area contributed by atoms with Crippen molar-refractivity contribution in [3.63, 3.8) is 0 Å². The number of rotatable bonds is 3. The Balaban J connectivity index is 2.15. The molecule has 0 saturated carbocycles. The first-order valence-corrected chi connectivity index (χ1v) is 6.89. The van der Waals surface area contributed by atoms with Gasteiger partial charge in [-0.1, -0.05) is 17.7 Å². The van der Waals surface area contributed by atoms with Crippen LogP contribution in [-0.4, -0.2) is 38.1 Å². The second kappa shape index (κ2) is 5.91. The van der Waals surface area contributed by atoms with Crippen LogP contribution in [0.2, 0.25) is 5.02 Å². The van der Waals surface area contributed by atoms with Gasteiger partial charge >= 0.3 is 0 Å². The summed E-state index contributed by atoms with van der Waals surface area (Å²) >= 11 is 6.36. The normalized spacial score (nSPS) is 20.5. The van der Waals surface area contributed by atoms with Crippen LogP contribution in [0.25, 0.3) is 0 Å². The molecule has 1 fully saturated rings. The van der Waals surface area contributed by atoms with Crippen LogP contribution < -0.4 is 10.6 Å². The first-order chi connectivity index (χ1) is 8.61. The third-order valence-corrected chi connectivity index (χ3v) is 4.02. The highest BCUT2D eigenvalue weighted by atomic mass is 35.5. The molecule has 1 unspecified atom stereocenters. The predicted octanol–water partition coefficient (Wildman–Crippen LogP) is 2.33. The molecule has 0 aromatic heterocycles. The minimum absolute atomic E-state index is 0.542. The largest absolute Gasteiger partial charge is 0.369 e. The third kappa shape index (κ3) is 2.97. The Labute approximate surface area is 115 Å². The SMILES string of the molecule is CN(C)C1CCCN(c2ccc(CN)cc2Cl)C1. The molecule has 2 rings (SSSR count). The highest BCUT2D eigenvalue weighted by molar-refractivity contribution is 6.33. The summed E-state index contributed by atoms with van der Waals surface area (Å²) in [6.45, 7) is 2.68. The molecule has 3 nitrogen and oxygen atoms in total. The predicted molar refractivity (Wildman–Crippen MR) is 78.3 cm³/mol. The Hall–Kier alpha value is -0.770. The Morgan fingerprint density at radius 2 is 2.22 bits per heavy atom. The number of benzene rings is 1. The van der Waals surface area contributed by atoms with E-state index in [1.54, 1.807) is 0 Å². The van der Waals surface area contributed by atoms with Crippen LogP contribution in [0.3, 0.4) is 0 Å². The van der Waals surface area contributed by atoms with E-state index in [-0.39, 0.29) is 0 Å². The van der Waals surface area contributed by atoms with Gasteiger partial charge in [0.15, 0.2) is 0 Å². The van der Waals surface area contributed by atoms with Crippen LogP contribution in [0.5, 0.6) is 0 Å². The van der Waals surface area contributed by atoms with E-state index >= 15 is 0 Å². The van der Waals surface area contributed by atoms with E-state index in [9.17, 15) is 0 Å². The van der Waals surface area contributed by atoms with Crippen molar-refractivity contribution in [2.24, 2.45) is 5.73 Å².